The Morgan fingerprint density at radius 2 is 1.86 bits per heavy atom. The van der Waals surface area contributed by atoms with Crippen molar-refractivity contribution in [2.24, 2.45) is 0 Å². The van der Waals surface area contributed by atoms with E-state index in [1.54, 1.807) is 0 Å². The Labute approximate surface area is 170 Å². The number of halogens is 5. The summed E-state index contributed by atoms with van der Waals surface area (Å²) in [6, 6.07) is 6.27. The zero-order chi connectivity index (χ0) is 19.4. The van der Waals surface area contributed by atoms with Gasteiger partial charge < -0.3 is 9.73 Å². The topological polar surface area (TPSA) is 59.3 Å². The van der Waals surface area contributed by atoms with Gasteiger partial charge in [-0.15, -0.1) is 12.4 Å². The third-order valence-corrected chi connectivity index (χ3v) is 6.53. The van der Waals surface area contributed by atoms with Gasteiger partial charge in [-0.25, -0.2) is 8.42 Å². The number of alkyl halides is 3. The fraction of sp³-hybridized carbons (Fsp3) is 0.222. The third kappa shape index (κ3) is 3.50. The lowest BCUT2D eigenvalue weighted by atomic mass is 10.1. The molecule has 2 heterocycles. The van der Waals surface area contributed by atoms with Gasteiger partial charge in [0.2, 0.25) is 9.84 Å². The van der Waals surface area contributed by atoms with Gasteiger partial charge >= 0.3 is 6.18 Å². The largest absolute Gasteiger partial charge is 0.459 e. The Balaban J connectivity index is 0.00000225. The van der Waals surface area contributed by atoms with E-state index in [4.69, 9.17) is 16.0 Å². The molecule has 10 heteroatoms. The maximum Gasteiger partial charge on any atom is 0.416 e. The van der Waals surface area contributed by atoms with Crippen molar-refractivity contribution >= 4 is 44.8 Å². The molecule has 28 heavy (non-hydrogen) atoms. The van der Waals surface area contributed by atoms with E-state index < -0.39 is 26.5 Å². The van der Waals surface area contributed by atoms with Crippen LogP contribution in [-0.2, 0) is 29.0 Å². The normalized spacial score (nSPS) is 14.6. The molecule has 1 aliphatic heterocycles. The number of nitrogens with one attached hydrogen (secondary N) is 1. The first-order valence-electron chi connectivity index (χ1n) is 8.05. The molecule has 0 saturated heterocycles. The van der Waals surface area contributed by atoms with Crippen LogP contribution in [0.3, 0.4) is 0 Å². The maximum absolute atomic E-state index is 12.9. The number of hydrogen-bond acceptors (Lipinski definition) is 4. The van der Waals surface area contributed by atoms with E-state index in [1.165, 1.54) is 12.1 Å². The van der Waals surface area contributed by atoms with Crippen LogP contribution in [-0.4, -0.2) is 15.0 Å². The third-order valence-electron chi connectivity index (χ3n) is 4.52. The van der Waals surface area contributed by atoms with Gasteiger partial charge in [0, 0.05) is 30.5 Å². The van der Waals surface area contributed by atoms with Crippen molar-refractivity contribution in [2.45, 2.75) is 28.9 Å². The fourth-order valence-electron chi connectivity index (χ4n) is 3.17. The smallest absolute Gasteiger partial charge is 0.416 e. The Bertz CT molecular complexity index is 1160. The Morgan fingerprint density at radius 1 is 1.11 bits per heavy atom. The molecule has 0 bridgehead atoms. The summed E-state index contributed by atoms with van der Waals surface area (Å²) in [4.78, 5) is -0.614. The van der Waals surface area contributed by atoms with Gasteiger partial charge in [-0.05, 0) is 30.3 Å². The second-order valence-corrected chi connectivity index (χ2v) is 8.60. The summed E-state index contributed by atoms with van der Waals surface area (Å²) in [7, 11) is -4.19. The molecule has 2 aromatic carbocycles. The summed E-state index contributed by atoms with van der Waals surface area (Å²) in [5.41, 5.74) is 0.174. The lowest BCUT2D eigenvalue weighted by Crippen LogP contribution is -2.22. The molecule has 0 spiro atoms. The van der Waals surface area contributed by atoms with E-state index >= 15 is 0 Å². The zero-order valence-electron chi connectivity index (χ0n) is 14.1. The van der Waals surface area contributed by atoms with Crippen molar-refractivity contribution in [1.29, 1.82) is 0 Å². The van der Waals surface area contributed by atoms with Gasteiger partial charge in [0.05, 0.1) is 20.4 Å². The lowest BCUT2D eigenvalue weighted by molar-refractivity contribution is -0.137. The Hall–Kier alpha value is -1.74. The predicted octanol–water partition coefficient (Wildman–Crippen LogP) is 5.01. The van der Waals surface area contributed by atoms with Crippen LogP contribution < -0.4 is 5.32 Å². The first-order valence-corrected chi connectivity index (χ1v) is 9.91. The highest BCUT2D eigenvalue weighted by molar-refractivity contribution is 7.91. The average Bonchev–Trinajstić information content (AvgIpc) is 3.01. The molecule has 0 saturated carbocycles. The van der Waals surface area contributed by atoms with Crippen LogP contribution >= 0.6 is 24.0 Å². The standard InChI is InChI=1S/C18H13ClF3NO3S.ClH/c19-15-8-12(7-13-14-9-23-5-4-16(14)26-17(13)15)27(24,25)11-3-1-2-10(6-11)18(20,21)22;/h1-3,6-8,23H,4-5,9H2;1H. The van der Waals surface area contributed by atoms with Gasteiger partial charge in [0.15, 0.2) is 5.58 Å². The quantitative estimate of drug-likeness (QED) is 0.595. The second-order valence-electron chi connectivity index (χ2n) is 6.24. The highest BCUT2D eigenvalue weighted by Crippen LogP contribution is 2.37. The van der Waals surface area contributed by atoms with Gasteiger partial charge in [-0.1, -0.05) is 17.7 Å². The van der Waals surface area contributed by atoms with Gasteiger partial charge in [0.1, 0.15) is 5.76 Å². The van der Waals surface area contributed by atoms with Crippen molar-refractivity contribution in [3.63, 3.8) is 0 Å². The van der Waals surface area contributed by atoms with Crippen LogP contribution in [0.2, 0.25) is 5.02 Å². The van der Waals surface area contributed by atoms with E-state index in [1.807, 2.05) is 0 Å². The number of hydrogen-bond donors (Lipinski definition) is 1. The van der Waals surface area contributed by atoms with E-state index in [0.717, 1.165) is 36.1 Å². The molecule has 1 aromatic heterocycles. The predicted molar refractivity (Wildman–Crippen MR) is 101 cm³/mol. The highest BCUT2D eigenvalue weighted by atomic mass is 35.5. The van der Waals surface area contributed by atoms with Crippen LogP contribution in [0, 0.1) is 0 Å². The fourth-order valence-corrected chi connectivity index (χ4v) is 4.85. The molecule has 0 aliphatic carbocycles. The summed E-state index contributed by atoms with van der Waals surface area (Å²) in [5.74, 6) is 0.735. The number of sulfone groups is 1. The lowest BCUT2D eigenvalue weighted by Gasteiger charge is -2.11. The summed E-state index contributed by atoms with van der Waals surface area (Å²) >= 11 is 6.22. The molecule has 1 aliphatic rings. The average molecular weight is 452 g/mol. The molecule has 0 atom stereocenters. The molecule has 1 N–H and O–H groups in total. The van der Waals surface area contributed by atoms with Crippen LogP contribution in [0.15, 0.2) is 50.6 Å². The van der Waals surface area contributed by atoms with Crippen LogP contribution in [0.4, 0.5) is 13.2 Å². The van der Waals surface area contributed by atoms with Gasteiger partial charge in [-0.3, -0.25) is 0 Å². The molecule has 4 nitrogen and oxygen atoms in total. The van der Waals surface area contributed by atoms with Crippen LogP contribution in [0.5, 0.6) is 0 Å². The molecule has 150 valence electrons. The summed E-state index contributed by atoms with van der Waals surface area (Å²) in [6.07, 6.45) is -3.99. The molecular weight excluding hydrogens is 438 g/mol. The minimum absolute atomic E-state index is 0. The number of furan rings is 1. The van der Waals surface area contributed by atoms with E-state index in [2.05, 4.69) is 5.32 Å². The van der Waals surface area contributed by atoms with E-state index in [0.29, 0.717) is 30.0 Å². The van der Waals surface area contributed by atoms with E-state index in [9.17, 15) is 21.6 Å². The number of benzene rings is 2. The molecule has 0 radical (unpaired) electrons. The molecule has 3 aromatic rings. The van der Waals surface area contributed by atoms with Crippen LogP contribution in [0.25, 0.3) is 11.0 Å². The SMILES string of the molecule is Cl.O=S(=O)(c1cccc(C(F)(F)F)c1)c1cc(Cl)c2oc3c(c2c1)CNCC3. The van der Waals surface area contributed by atoms with Gasteiger partial charge in [0.25, 0.3) is 0 Å². The number of rotatable bonds is 2. The van der Waals surface area contributed by atoms with E-state index in [-0.39, 0.29) is 22.3 Å². The Kier molecular flexibility index (Phi) is 5.44. The highest BCUT2D eigenvalue weighted by Gasteiger charge is 2.32. The molecule has 0 unspecified atom stereocenters. The first kappa shape index (κ1) is 21.0. The minimum atomic E-state index is -4.64. The monoisotopic (exact) mass is 451 g/mol. The molecule has 0 fully saturated rings. The molecule has 0 amide bonds. The van der Waals surface area contributed by atoms with Crippen molar-refractivity contribution < 1.29 is 26.0 Å². The summed E-state index contributed by atoms with van der Waals surface area (Å²) in [5, 5.41) is 3.83. The van der Waals surface area contributed by atoms with Crippen molar-refractivity contribution in [3.8, 4) is 0 Å². The van der Waals surface area contributed by atoms with Crippen molar-refractivity contribution in [3.05, 3.63) is 58.3 Å². The second kappa shape index (κ2) is 7.26. The maximum atomic E-state index is 12.9. The van der Waals surface area contributed by atoms with Gasteiger partial charge in [-0.2, -0.15) is 13.2 Å². The van der Waals surface area contributed by atoms with Crippen molar-refractivity contribution in [2.75, 3.05) is 6.54 Å². The summed E-state index contributed by atoms with van der Waals surface area (Å²) in [6.45, 7) is 1.24. The zero-order valence-corrected chi connectivity index (χ0v) is 16.5. The first-order chi connectivity index (χ1) is 12.7. The minimum Gasteiger partial charge on any atom is -0.459 e. The molecular formula is C18H14Cl2F3NO3S. The Morgan fingerprint density at radius 3 is 2.57 bits per heavy atom. The number of fused-ring (bicyclic) bond motifs is 3. The summed E-state index contributed by atoms with van der Waals surface area (Å²) < 4.78 is 70.4. The van der Waals surface area contributed by atoms with Crippen LogP contribution in [0.1, 0.15) is 16.9 Å². The molecule has 4 rings (SSSR count). The van der Waals surface area contributed by atoms with Crippen molar-refractivity contribution in [1.82, 2.24) is 5.32 Å².